The quantitative estimate of drug-likeness (QED) is 0.758. The van der Waals surface area contributed by atoms with Gasteiger partial charge in [-0.15, -0.1) is 0 Å². The normalized spacial score (nSPS) is 14.9. The van der Waals surface area contributed by atoms with E-state index in [9.17, 15) is 0 Å². The summed E-state index contributed by atoms with van der Waals surface area (Å²) in [5.74, 6) is 1.37. The van der Waals surface area contributed by atoms with Crippen LogP contribution in [0.3, 0.4) is 0 Å². The molecule has 0 saturated heterocycles. The van der Waals surface area contributed by atoms with Gasteiger partial charge in [-0.1, -0.05) is 57.0 Å². The zero-order valence-corrected chi connectivity index (χ0v) is 9.95. The fourth-order valence-electron chi connectivity index (χ4n) is 2.12. The van der Waals surface area contributed by atoms with Crippen molar-refractivity contribution in [3.8, 4) is 0 Å². The summed E-state index contributed by atoms with van der Waals surface area (Å²) in [7, 11) is 0. The van der Waals surface area contributed by atoms with Gasteiger partial charge in [-0.3, -0.25) is 0 Å². The van der Waals surface area contributed by atoms with Crippen molar-refractivity contribution in [3.05, 3.63) is 35.9 Å². The topological polar surface area (TPSA) is 26.0 Å². The highest BCUT2D eigenvalue weighted by Gasteiger charge is 2.15. The lowest BCUT2D eigenvalue weighted by Gasteiger charge is -2.22. The molecule has 0 aromatic heterocycles. The van der Waals surface area contributed by atoms with Gasteiger partial charge in [-0.2, -0.15) is 0 Å². The van der Waals surface area contributed by atoms with E-state index in [2.05, 4.69) is 44.2 Å². The molecule has 1 aromatic carbocycles. The first-order valence-corrected chi connectivity index (χ1v) is 6.02. The van der Waals surface area contributed by atoms with Crippen molar-refractivity contribution in [2.45, 2.75) is 33.1 Å². The number of benzene rings is 1. The lowest BCUT2D eigenvalue weighted by Crippen LogP contribution is -2.23. The van der Waals surface area contributed by atoms with Crippen LogP contribution in [0.5, 0.6) is 0 Å². The summed E-state index contributed by atoms with van der Waals surface area (Å²) in [6, 6.07) is 10.7. The lowest BCUT2D eigenvalue weighted by atomic mass is 9.85. The Morgan fingerprint density at radius 1 is 1.20 bits per heavy atom. The molecule has 0 saturated carbocycles. The third-order valence-electron chi connectivity index (χ3n) is 3.19. The number of hydrogen-bond donors (Lipinski definition) is 1. The summed E-state index contributed by atoms with van der Waals surface area (Å²) in [4.78, 5) is 0. The Morgan fingerprint density at radius 2 is 1.87 bits per heavy atom. The van der Waals surface area contributed by atoms with Crippen molar-refractivity contribution >= 4 is 0 Å². The third kappa shape index (κ3) is 4.05. The van der Waals surface area contributed by atoms with Gasteiger partial charge in [0.05, 0.1) is 0 Å². The smallest absolute Gasteiger partial charge is 0.00431 e. The molecule has 0 spiro atoms. The molecule has 84 valence electrons. The van der Waals surface area contributed by atoms with Crippen LogP contribution in [0.1, 0.15) is 32.3 Å². The van der Waals surface area contributed by atoms with Crippen molar-refractivity contribution in [2.75, 3.05) is 6.54 Å². The summed E-state index contributed by atoms with van der Waals surface area (Å²) < 4.78 is 0. The summed E-state index contributed by atoms with van der Waals surface area (Å²) in [6.07, 6.45) is 3.67. The molecule has 0 aliphatic heterocycles. The van der Waals surface area contributed by atoms with Crippen molar-refractivity contribution in [1.29, 1.82) is 0 Å². The molecule has 0 aliphatic carbocycles. The molecule has 2 atom stereocenters. The predicted octanol–water partition coefficient (Wildman–Crippen LogP) is 3.24. The maximum Gasteiger partial charge on any atom is -0.00431 e. The minimum Gasteiger partial charge on any atom is -0.330 e. The number of nitrogens with two attached hydrogens (primary N) is 1. The minimum atomic E-state index is 0.632. The van der Waals surface area contributed by atoms with E-state index < -0.39 is 0 Å². The van der Waals surface area contributed by atoms with Crippen LogP contribution >= 0.6 is 0 Å². The van der Waals surface area contributed by atoms with Crippen molar-refractivity contribution in [2.24, 2.45) is 17.6 Å². The standard InChI is InChI=1S/C14H23N/c1-3-7-12(2)14(11-15)10-13-8-5-4-6-9-13/h4-6,8-9,12,14H,3,7,10-11,15H2,1-2H3. The van der Waals surface area contributed by atoms with Gasteiger partial charge in [-0.25, -0.2) is 0 Å². The van der Waals surface area contributed by atoms with Gasteiger partial charge in [0.2, 0.25) is 0 Å². The minimum absolute atomic E-state index is 0.632. The molecule has 1 aromatic rings. The van der Waals surface area contributed by atoms with Crippen LogP contribution in [0.4, 0.5) is 0 Å². The Labute approximate surface area is 93.7 Å². The Morgan fingerprint density at radius 3 is 2.40 bits per heavy atom. The molecule has 0 heterocycles. The first-order valence-electron chi connectivity index (χ1n) is 6.02. The fourth-order valence-corrected chi connectivity index (χ4v) is 2.12. The van der Waals surface area contributed by atoms with E-state index in [1.54, 1.807) is 0 Å². The molecule has 0 fully saturated rings. The second-order valence-corrected chi connectivity index (χ2v) is 4.45. The Hall–Kier alpha value is -0.820. The van der Waals surface area contributed by atoms with Crippen LogP contribution in [0.25, 0.3) is 0 Å². The summed E-state index contributed by atoms with van der Waals surface area (Å²) in [5, 5.41) is 0. The van der Waals surface area contributed by atoms with Gasteiger partial charge in [-0.05, 0) is 30.4 Å². The van der Waals surface area contributed by atoms with Gasteiger partial charge in [0.15, 0.2) is 0 Å². The molecule has 0 aliphatic rings. The first-order chi connectivity index (χ1) is 7.27. The molecule has 0 bridgehead atoms. The van der Waals surface area contributed by atoms with Crippen molar-refractivity contribution in [1.82, 2.24) is 0 Å². The van der Waals surface area contributed by atoms with E-state index >= 15 is 0 Å². The van der Waals surface area contributed by atoms with Gasteiger partial charge in [0, 0.05) is 0 Å². The van der Waals surface area contributed by atoms with E-state index in [4.69, 9.17) is 5.73 Å². The van der Waals surface area contributed by atoms with Gasteiger partial charge >= 0.3 is 0 Å². The SMILES string of the molecule is CCCC(C)C(CN)Cc1ccccc1. The zero-order valence-electron chi connectivity index (χ0n) is 9.95. The Bertz CT molecular complexity index is 255. The van der Waals surface area contributed by atoms with E-state index in [-0.39, 0.29) is 0 Å². The first kappa shape index (κ1) is 12.3. The van der Waals surface area contributed by atoms with Gasteiger partial charge in [0.1, 0.15) is 0 Å². The van der Waals surface area contributed by atoms with E-state index in [0.717, 1.165) is 18.9 Å². The van der Waals surface area contributed by atoms with Gasteiger partial charge < -0.3 is 5.73 Å². The maximum atomic E-state index is 5.85. The Kier molecular flexibility index (Phi) is 5.41. The van der Waals surface area contributed by atoms with Crippen LogP contribution in [-0.2, 0) is 6.42 Å². The Balaban J connectivity index is 2.53. The third-order valence-corrected chi connectivity index (χ3v) is 3.19. The molecule has 0 radical (unpaired) electrons. The molecule has 1 rings (SSSR count). The summed E-state index contributed by atoms with van der Waals surface area (Å²) in [5.41, 5.74) is 7.26. The highest BCUT2D eigenvalue weighted by Crippen LogP contribution is 2.20. The van der Waals surface area contributed by atoms with Crippen molar-refractivity contribution in [3.63, 3.8) is 0 Å². The fraction of sp³-hybridized carbons (Fsp3) is 0.571. The van der Waals surface area contributed by atoms with Crippen LogP contribution in [0.15, 0.2) is 30.3 Å². The largest absolute Gasteiger partial charge is 0.330 e. The highest BCUT2D eigenvalue weighted by molar-refractivity contribution is 5.15. The van der Waals surface area contributed by atoms with Crippen LogP contribution in [0.2, 0.25) is 0 Å². The van der Waals surface area contributed by atoms with Gasteiger partial charge in [0.25, 0.3) is 0 Å². The monoisotopic (exact) mass is 205 g/mol. The van der Waals surface area contributed by atoms with Crippen LogP contribution in [0, 0.1) is 11.8 Å². The molecule has 15 heavy (non-hydrogen) atoms. The van der Waals surface area contributed by atoms with E-state index in [0.29, 0.717) is 5.92 Å². The molecular formula is C14H23N. The maximum absolute atomic E-state index is 5.85. The predicted molar refractivity (Wildman–Crippen MR) is 66.8 cm³/mol. The number of rotatable bonds is 6. The second kappa shape index (κ2) is 6.62. The second-order valence-electron chi connectivity index (χ2n) is 4.45. The molecule has 1 heteroatoms. The van der Waals surface area contributed by atoms with E-state index in [1.165, 1.54) is 18.4 Å². The highest BCUT2D eigenvalue weighted by atomic mass is 14.6. The molecular weight excluding hydrogens is 182 g/mol. The summed E-state index contributed by atoms with van der Waals surface area (Å²) in [6.45, 7) is 5.37. The number of hydrogen-bond acceptors (Lipinski definition) is 1. The molecule has 2 N–H and O–H groups in total. The zero-order chi connectivity index (χ0) is 11.1. The average Bonchev–Trinajstić information content (AvgIpc) is 2.27. The molecule has 0 amide bonds. The van der Waals surface area contributed by atoms with Crippen LogP contribution in [-0.4, -0.2) is 6.54 Å². The lowest BCUT2D eigenvalue weighted by molar-refractivity contribution is 0.340. The molecule has 1 nitrogen and oxygen atoms in total. The molecule has 2 unspecified atom stereocenters. The van der Waals surface area contributed by atoms with E-state index in [1.807, 2.05) is 0 Å². The van der Waals surface area contributed by atoms with Crippen molar-refractivity contribution < 1.29 is 0 Å². The average molecular weight is 205 g/mol. The summed E-state index contributed by atoms with van der Waals surface area (Å²) >= 11 is 0. The van der Waals surface area contributed by atoms with Crippen LogP contribution < -0.4 is 5.73 Å².